The monoisotopic (exact) mass is 241 g/mol. The van der Waals surface area contributed by atoms with Gasteiger partial charge in [-0.05, 0) is 12.3 Å². The number of rotatable bonds is 9. The van der Waals surface area contributed by atoms with E-state index in [4.69, 9.17) is 9.84 Å². The van der Waals surface area contributed by atoms with Crippen molar-refractivity contribution in [2.45, 2.75) is 31.7 Å². The second kappa shape index (κ2) is 7.06. The number of carboxylic acids is 1. The van der Waals surface area contributed by atoms with Crippen LogP contribution >= 0.6 is 0 Å². The molecule has 1 rings (SSSR count). The Morgan fingerprint density at radius 3 is 2.76 bits per heavy atom. The lowest BCUT2D eigenvalue weighted by atomic mass is 10.2. The van der Waals surface area contributed by atoms with Crippen molar-refractivity contribution in [1.82, 2.24) is 5.32 Å². The normalized spacial score (nSPS) is 16.2. The summed E-state index contributed by atoms with van der Waals surface area (Å²) in [6, 6.07) is -0.971. The Kier molecular flexibility index (Phi) is 5.69. The van der Waals surface area contributed by atoms with Crippen LogP contribution in [0, 0.1) is 5.92 Å². The van der Waals surface area contributed by atoms with E-state index in [0.29, 0.717) is 12.3 Å². The van der Waals surface area contributed by atoms with Gasteiger partial charge in [0.25, 0.3) is 0 Å². The molecule has 1 atom stereocenters. The second-order valence-corrected chi connectivity index (χ2v) is 4.27. The maximum absolute atomic E-state index is 11.5. The first-order valence-electron chi connectivity index (χ1n) is 5.84. The molecule has 96 valence electrons. The molecule has 0 aromatic rings. The van der Waals surface area contributed by atoms with Crippen LogP contribution in [0.2, 0.25) is 0 Å². The summed E-state index contributed by atoms with van der Waals surface area (Å²) in [5.74, 6) is -0.624. The summed E-state index contributed by atoms with van der Waals surface area (Å²) < 4.78 is 5.03. The number of carbonyl (C=O) groups is 2. The van der Waals surface area contributed by atoms with Gasteiger partial charge in [-0.25, -0.2) is 4.79 Å². The number of hydrogen-bond donors (Lipinski definition) is 2. The molecule has 0 bridgehead atoms. The van der Waals surface area contributed by atoms with Gasteiger partial charge in [0.2, 0.25) is 5.91 Å². The van der Waals surface area contributed by atoms with Gasteiger partial charge in [0.1, 0.15) is 0 Å². The Morgan fingerprint density at radius 1 is 1.53 bits per heavy atom. The zero-order valence-corrected chi connectivity index (χ0v) is 9.85. The summed E-state index contributed by atoms with van der Waals surface area (Å²) in [5.41, 5.74) is 0. The molecule has 1 unspecified atom stereocenters. The van der Waals surface area contributed by atoms with Gasteiger partial charge in [0.15, 0.2) is 6.04 Å². The van der Waals surface area contributed by atoms with E-state index in [-0.39, 0.29) is 19.1 Å². The summed E-state index contributed by atoms with van der Waals surface area (Å²) in [6.07, 6.45) is 5.17. The molecular formula is C12H19NO4. The molecule has 0 saturated heterocycles. The standard InChI is InChI=1S/C12H19NO4/c1-2-7-17-8-10(12(15)16)13-11(14)6-5-9-3-4-9/h2,9-10H,1,3-8H2,(H,13,14)(H,15,16). The average molecular weight is 241 g/mol. The third kappa shape index (κ3) is 6.06. The number of carboxylic acid groups (broad SMARTS) is 1. The SMILES string of the molecule is C=CCOCC(NC(=O)CCC1CC1)C(=O)O. The fourth-order valence-electron chi connectivity index (χ4n) is 1.45. The van der Waals surface area contributed by atoms with Crippen LogP contribution in [-0.2, 0) is 14.3 Å². The molecular weight excluding hydrogens is 222 g/mol. The first kappa shape index (κ1) is 13.7. The molecule has 1 aliphatic rings. The molecule has 5 nitrogen and oxygen atoms in total. The number of nitrogens with one attached hydrogen (secondary N) is 1. The molecule has 1 saturated carbocycles. The number of carbonyl (C=O) groups excluding carboxylic acids is 1. The zero-order valence-electron chi connectivity index (χ0n) is 9.85. The van der Waals surface area contributed by atoms with Crippen LogP contribution in [0.15, 0.2) is 12.7 Å². The minimum absolute atomic E-state index is 0.0312. The number of hydrogen-bond acceptors (Lipinski definition) is 3. The van der Waals surface area contributed by atoms with Gasteiger partial charge in [0.05, 0.1) is 13.2 Å². The van der Waals surface area contributed by atoms with Crippen LogP contribution in [0.25, 0.3) is 0 Å². The Hall–Kier alpha value is -1.36. The molecule has 1 fully saturated rings. The molecule has 17 heavy (non-hydrogen) atoms. The van der Waals surface area contributed by atoms with E-state index in [9.17, 15) is 9.59 Å². The van der Waals surface area contributed by atoms with E-state index in [0.717, 1.165) is 6.42 Å². The molecule has 2 N–H and O–H groups in total. The van der Waals surface area contributed by atoms with Crippen LogP contribution in [0.4, 0.5) is 0 Å². The summed E-state index contributed by atoms with van der Waals surface area (Å²) in [4.78, 5) is 22.3. The summed E-state index contributed by atoms with van der Waals surface area (Å²) in [5, 5.41) is 11.4. The van der Waals surface area contributed by atoms with Gasteiger partial charge in [-0.2, -0.15) is 0 Å². The minimum atomic E-state index is -1.08. The van der Waals surface area contributed by atoms with Gasteiger partial charge in [-0.15, -0.1) is 6.58 Å². The van der Waals surface area contributed by atoms with Gasteiger partial charge < -0.3 is 15.2 Å². The van der Waals surface area contributed by atoms with Crippen molar-refractivity contribution < 1.29 is 19.4 Å². The molecule has 0 spiro atoms. The van der Waals surface area contributed by atoms with Gasteiger partial charge in [-0.1, -0.05) is 18.9 Å². The summed E-state index contributed by atoms with van der Waals surface area (Å²) in [6.45, 7) is 3.71. The molecule has 0 heterocycles. The Labute approximate surface area is 101 Å². The van der Waals surface area contributed by atoms with Crippen LogP contribution < -0.4 is 5.32 Å². The van der Waals surface area contributed by atoms with E-state index < -0.39 is 12.0 Å². The van der Waals surface area contributed by atoms with E-state index in [1.165, 1.54) is 18.9 Å². The van der Waals surface area contributed by atoms with Crippen molar-refractivity contribution in [3.05, 3.63) is 12.7 Å². The van der Waals surface area contributed by atoms with Crippen LogP contribution in [0.3, 0.4) is 0 Å². The second-order valence-electron chi connectivity index (χ2n) is 4.27. The Morgan fingerprint density at radius 2 is 2.24 bits per heavy atom. The minimum Gasteiger partial charge on any atom is -0.480 e. The zero-order chi connectivity index (χ0) is 12.7. The lowest BCUT2D eigenvalue weighted by Gasteiger charge is -2.14. The van der Waals surface area contributed by atoms with Crippen LogP contribution in [-0.4, -0.2) is 36.2 Å². The van der Waals surface area contributed by atoms with Gasteiger partial charge in [0, 0.05) is 6.42 Å². The highest BCUT2D eigenvalue weighted by Crippen LogP contribution is 2.33. The lowest BCUT2D eigenvalue weighted by molar-refractivity contribution is -0.143. The molecule has 0 radical (unpaired) electrons. The molecule has 0 aromatic carbocycles. The maximum atomic E-state index is 11.5. The Bertz CT molecular complexity index is 286. The average Bonchev–Trinajstić information content (AvgIpc) is 3.09. The molecule has 0 aliphatic heterocycles. The summed E-state index contributed by atoms with van der Waals surface area (Å²) in [7, 11) is 0. The lowest BCUT2D eigenvalue weighted by Crippen LogP contribution is -2.44. The highest BCUT2D eigenvalue weighted by atomic mass is 16.5. The van der Waals surface area contributed by atoms with Crippen molar-refractivity contribution in [2.75, 3.05) is 13.2 Å². The largest absolute Gasteiger partial charge is 0.480 e. The molecule has 1 amide bonds. The fraction of sp³-hybridized carbons (Fsp3) is 0.667. The smallest absolute Gasteiger partial charge is 0.328 e. The quantitative estimate of drug-likeness (QED) is 0.465. The van der Waals surface area contributed by atoms with Crippen molar-refractivity contribution in [3.63, 3.8) is 0 Å². The number of aliphatic carboxylic acids is 1. The first-order chi connectivity index (χ1) is 8.13. The highest BCUT2D eigenvalue weighted by Gasteiger charge is 2.24. The maximum Gasteiger partial charge on any atom is 0.328 e. The topological polar surface area (TPSA) is 75.6 Å². The predicted octanol–water partition coefficient (Wildman–Crippen LogP) is 0.949. The third-order valence-corrected chi connectivity index (χ3v) is 2.63. The van der Waals surface area contributed by atoms with Crippen molar-refractivity contribution >= 4 is 11.9 Å². The van der Waals surface area contributed by atoms with Crippen molar-refractivity contribution in [1.29, 1.82) is 0 Å². The first-order valence-corrected chi connectivity index (χ1v) is 5.84. The van der Waals surface area contributed by atoms with Gasteiger partial charge in [-0.3, -0.25) is 4.79 Å². The Balaban J connectivity index is 2.22. The number of ether oxygens (including phenoxy) is 1. The van der Waals surface area contributed by atoms with E-state index in [1.807, 2.05) is 0 Å². The molecule has 1 aliphatic carbocycles. The van der Waals surface area contributed by atoms with Crippen molar-refractivity contribution in [3.8, 4) is 0 Å². The van der Waals surface area contributed by atoms with Crippen molar-refractivity contribution in [2.24, 2.45) is 5.92 Å². The van der Waals surface area contributed by atoms with Crippen LogP contribution in [0.1, 0.15) is 25.7 Å². The van der Waals surface area contributed by atoms with E-state index in [2.05, 4.69) is 11.9 Å². The van der Waals surface area contributed by atoms with E-state index in [1.54, 1.807) is 0 Å². The van der Waals surface area contributed by atoms with Gasteiger partial charge >= 0.3 is 5.97 Å². The highest BCUT2D eigenvalue weighted by molar-refractivity contribution is 5.83. The third-order valence-electron chi connectivity index (χ3n) is 2.63. The molecule has 0 aromatic heterocycles. The summed E-state index contributed by atoms with van der Waals surface area (Å²) >= 11 is 0. The molecule has 5 heteroatoms. The van der Waals surface area contributed by atoms with Crippen LogP contribution in [0.5, 0.6) is 0 Å². The number of amides is 1. The van der Waals surface area contributed by atoms with E-state index >= 15 is 0 Å². The predicted molar refractivity (Wildman–Crippen MR) is 62.5 cm³/mol. The fourth-order valence-corrected chi connectivity index (χ4v) is 1.45.